The van der Waals surface area contributed by atoms with Crippen LogP contribution in [0.4, 0.5) is 0 Å². The van der Waals surface area contributed by atoms with Gasteiger partial charge in [-0.2, -0.15) is 0 Å². The summed E-state index contributed by atoms with van der Waals surface area (Å²) in [6, 6.07) is 0.477. The van der Waals surface area contributed by atoms with E-state index in [4.69, 9.17) is 14.1 Å². The monoisotopic (exact) mass is 124 g/mol. The summed E-state index contributed by atoms with van der Waals surface area (Å²) in [5, 5.41) is 2.74. The summed E-state index contributed by atoms with van der Waals surface area (Å²) in [5.74, 6) is 0. The molecule has 0 aromatic rings. The van der Waals surface area contributed by atoms with E-state index in [1.54, 1.807) is 0 Å². The third-order valence-electron chi connectivity index (χ3n) is 1.77. The number of hydrogen-bond donors (Lipinski definition) is 1. The molecule has 2 heteroatoms. The Morgan fingerprint density at radius 2 is 1.89 bits per heavy atom. The molecule has 0 spiro atoms. The number of nitrogens with zero attached hydrogens (tertiary/aromatic N) is 1. The van der Waals surface area contributed by atoms with E-state index < -0.39 is 0 Å². The third-order valence-corrected chi connectivity index (χ3v) is 1.77. The van der Waals surface area contributed by atoms with E-state index >= 15 is 0 Å². The lowest BCUT2D eigenvalue weighted by Gasteiger charge is -2.27. The molecule has 9 heavy (non-hydrogen) atoms. The van der Waals surface area contributed by atoms with Gasteiger partial charge in [0.15, 0.2) is 0 Å². The standard InChI is InChI=1S/C7H12N2/c1-8-7-3-5-9(2)6-4-7/h1-2,7-8H,3-6H2. The maximum Gasteiger partial charge on any atom is 0.0438 e. The summed E-state index contributed by atoms with van der Waals surface area (Å²) < 4.78 is 0. The van der Waals surface area contributed by atoms with Crippen molar-refractivity contribution in [2.24, 2.45) is 0 Å². The highest BCUT2D eigenvalue weighted by Gasteiger charge is 2.13. The molecule has 2 nitrogen and oxygen atoms in total. The molecule has 1 fully saturated rings. The Balaban J connectivity index is 2.18. The van der Waals surface area contributed by atoms with Crippen LogP contribution in [0.5, 0.6) is 0 Å². The minimum Gasteiger partial charge on any atom is -0.308 e. The van der Waals surface area contributed by atoms with E-state index in [0.717, 1.165) is 25.9 Å². The van der Waals surface area contributed by atoms with Crippen LogP contribution in [0, 0.1) is 14.1 Å². The van der Waals surface area contributed by atoms with Crippen LogP contribution in [0.3, 0.4) is 0 Å². The summed E-state index contributed by atoms with van der Waals surface area (Å²) in [7, 11) is 10.8. The smallest absolute Gasteiger partial charge is 0.0438 e. The largest absolute Gasteiger partial charge is 0.308 e. The average molecular weight is 124 g/mol. The first-order valence-corrected chi connectivity index (χ1v) is 3.28. The Kier molecular flexibility index (Phi) is 2.49. The summed E-state index contributed by atoms with van der Waals surface area (Å²) >= 11 is 0. The molecular weight excluding hydrogens is 112 g/mol. The normalized spacial score (nSPS) is 24.7. The molecule has 0 atom stereocenters. The minimum atomic E-state index is 0.477. The first kappa shape index (κ1) is 7.03. The predicted octanol–water partition coefficient (Wildman–Crippen LogP) is 0.378. The van der Waals surface area contributed by atoms with E-state index in [-0.39, 0.29) is 0 Å². The van der Waals surface area contributed by atoms with Crippen molar-refractivity contribution in [1.82, 2.24) is 10.2 Å². The molecular formula is C7H12N2. The van der Waals surface area contributed by atoms with Crippen LogP contribution in [-0.2, 0) is 0 Å². The van der Waals surface area contributed by atoms with Gasteiger partial charge in [0.25, 0.3) is 0 Å². The van der Waals surface area contributed by atoms with Crippen molar-refractivity contribution >= 4 is 0 Å². The fourth-order valence-corrected chi connectivity index (χ4v) is 1.07. The van der Waals surface area contributed by atoms with Gasteiger partial charge in [0.05, 0.1) is 0 Å². The van der Waals surface area contributed by atoms with E-state index in [0.29, 0.717) is 6.04 Å². The van der Waals surface area contributed by atoms with Gasteiger partial charge < -0.3 is 5.32 Å². The maximum atomic E-state index is 5.52. The third kappa shape index (κ3) is 1.95. The lowest BCUT2D eigenvalue weighted by Crippen LogP contribution is -2.37. The Labute approximate surface area is 57.2 Å². The van der Waals surface area contributed by atoms with E-state index in [9.17, 15) is 0 Å². The highest BCUT2D eigenvalue weighted by molar-refractivity contribution is 4.75. The number of piperidine rings is 1. The fraction of sp³-hybridized carbons (Fsp3) is 0.714. The number of rotatable bonds is 1. The zero-order valence-electron chi connectivity index (χ0n) is 5.51. The summed E-state index contributed by atoms with van der Waals surface area (Å²) in [5.41, 5.74) is 0. The van der Waals surface area contributed by atoms with Gasteiger partial charge in [0, 0.05) is 33.2 Å². The Hall–Kier alpha value is -0.0800. The molecule has 0 unspecified atom stereocenters. The number of hydrogen-bond acceptors (Lipinski definition) is 2. The highest BCUT2D eigenvalue weighted by Crippen LogP contribution is 2.07. The second kappa shape index (κ2) is 3.18. The van der Waals surface area contributed by atoms with Crippen LogP contribution in [-0.4, -0.2) is 24.0 Å². The summed E-state index contributed by atoms with van der Waals surface area (Å²) in [4.78, 5) is 1.83. The zero-order chi connectivity index (χ0) is 6.69. The first-order valence-electron chi connectivity index (χ1n) is 3.28. The van der Waals surface area contributed by atoms with Crippen LogP contribution >= 0.6 is 0 Å². The van der Waals surface area contributed by atoms with Gasteiger partial charge in [-0.1, -0.05) is 0 Å². The van der Waals surface area contributed by atoms with Gasteiger partial charge in [-0.3, -0.25) is 4.90 Å². The molecule has 1 heterocycles. The quantitative estimate of drug-likeness (QED) is 0.508. The zero-order valence-corrected chi connectivity index (χ0v) is 5.51. The van der Waals surface area contributed by atoms with Crippen LogP contribution < -0.4 is 5.32 Å². The van der Waals surface area contributed by atoms with Crippen molar-refractivity contribution in [3.63, 3.8) is 0 Å². The molecule has 0 bridgehead atoms. The van der Waals surface area contributed by atoms with Crippen molar-refractivity contribution in [2.45, 2.75) is 18.9 Å². The van der Waals surface area contributed by atoms with Crippen LogP contribution in [0.1, 0.15) is 12.8 Å². The van der Waals surface area contributed by atoms with Crippen molar-refractivity contribution in [3.05, 3.63) is 14.1 Å². The number of nitrogens with one attached hydrogen (secondary N) is 1. The molecule has 1 aliphatic heterocycles. The topological polar surface area (TPSA) is 15.3 Å². The molecule has 1 aliphatic rings. The van der Waals surface area contributed by atoms with E-state index in [1.165, 1.54) is 0 Å². The SMILES string of the molecule is [CH]NC1CCN([CH])CC1. The summed E-state index contributed by atoms with van der Waals surface area (Å²) in [6.45, 7) is 1.91. The van der Waals surface area contributed by atoms with Crippen LogP contribution in [0.25, 0.3) is 0 Å². The Morgan fingerprint density at radius 1 is 1.33 bits per heavy atom. The lowest BCUT2D eigenvalue weighted by atomic mass is 10.1. The van der Waals surface area contributed by atoms with Gasteiger partial charge in [0.1, 0.15) is 0 Å². The second-order valence-corrected chi connectivity index (χ2v) is 2.48. The molecule has 0 saturated carbocycles. The lowest BCUT2D eigenvalue weighted by molar-refractivity contribution is 0.266. The predicted molar refractivity (Wildman–Crippen MR) is 36.3 cm³/mol. The van der Waals surface area contributed by atoms with Crippen molar-refractivity contribution in [3.8, 4) is 0 Å². The maximum absolute atomic E-state index is 5.52. The van der Waals surface area contributed by atoms with Gasteiger partial charge in [-0.25, -0.2) is 0 Å². The average Bonchev–Trinajstić information content (AvgIpc) is 1.90. The number of likely N-dealkylation sites (tertiary alicyclic amines) is 1. The molecule has 0 aromatic carbocycles. The summed E-state index contributed by atoms with van der Waals surface area (Å²) in [6.07, 6.45) is 2.12. The Bertz CT molecular complexity index is 75.0. The van der Waals surface area contributed by atoms with Crippen molar-refractivity contribution in [2.75, 3.05) is 13.1 Å². The Morgan fingerprint density at radius 3 is 2.33 bits per heavy atom. The van der Waals surface area contributed by atoms with Gasteiger partial charge in [-0.15, -0.1) is 0 Å². The molecule has 0 aliphatic carbocycles. The molecule has 1 rings (SSSR count). The second-order valence-electron chi connectivity index (χ2n) is 2.48. The van der Waals surface area contributed by atoms with Gasteiger partial charge in [-0.05, 0) is 12.8 Å². The molecule has 1 saturated heterocycles. The van der Waals surface area contributed by atoms with E-state index in [2.05, 4.69) is 5.32 Å². The molecule has 0 aromatic heterocycles. The van der Waals surface area contributed by atoms with Crippen molar-refractivity contribution in [1.29, 1.82) is 0 Å². The van der Waals surface area contributed by atoms with Gasteiger partial charge >= 0.3 is 0 Å². The highest BCUT2D eigenvalue weighted by atomic mass is 15.1. The molecule has 50 valence electrons. The van der Waals surface area contributed by atoms with Crippen LogP contribution in [0.15, 0.2) is 0 Å². The molecule has 0 amide bonds. The first-order chi connectivity index (χ1) is 4.33. The molecule has 4 radical (unpaired) electrons. The molecule has 1 N–H and O–H groups in total. The van der Waals surface area contributed by atoms with E-state index in [1.807, 2.05) is 4.90 Å². The van der Waals surface area contributed by atoms with Crippen molar-refractivity contribution < 1.29 is 0 Å². The van der Waals surface area contributed by atoms with Crippen LogP contribution in [0.2, 0.25) is 0 Å². The fourth-order valence-electron chi connectivity index (χ4n) is 1.07. The van der Waals surface area contributed by atoms with Gasteiger partial charge in [0.2, 0.25) is 0 Å². The minimum absolute atomic E-state index is 0.477.